The molecule has 4 N–H and O–H groups in total. The summed E-state index contributed by atoms with van der Waals surface area (Å²) in [6, 6.07) is 16.9. The lowest BCUT2D eigenvalue weighted by molar-refractivity contribution is -0.119. The van der Waals surface area contributed by atoms with Crippen LogP contribution in [0.4, 0.5) is 5.82 Å². The Hall–Kier alpha value is -4.05. The van der Waals surface area contributed by atoms with E-state index in [2.05, 4.69) is 11.1 Å². The Labute approximate surface area is 162 Å². The number of nitrogens with two attached hydrogens (primary N) is 2. The Morgan fingerprint density at radius 2 is 1.89 bits per heavy atom. The predicted molar refractivity (Wildman–Crippen MR) is 105 cm³/mol. The Morgan fingerprint density at radius 1 is 1.14 bits per heavy atom. The van der Waals surface area contributed by atoms with Crippen molar-refractivity contribution in [3.63, 3.8) is 0 Å². The molecule has 28 heavy (non-hydrogen) atoms. The summed E-state index contributed by atoms with van der Waals surface area (Å²) >= 11 is 0. The molecule has 0 spiro atoms. The van der Waals surface area contributed by atoms with Crippen LogP contribution >= 0.6 is 0 Å². The van der Waals surface area contributed by atoms with Crippen LogP contribution in [0.3, 0.4) is 0 Å². The highest BCUT2D eigenvalue weighted by Gasteiger charge is 2.18. The highest BCUT2D eigenvalue weighted by atomic mass is 16.5. The second-order valence-corrected chi connectivity index (χ2v) is 5.91. The van der Waals surface area contributed by atoms with Gasteiger partial charge in [-0.15, -0.1) is 0 Å². The van der Waals surface area contributed by atoms with Gasteiger partial charge in [-0.25, -0.2) is 4.98 Å². The second kappa shape index (κ2) is 8.10. The Kier molecular flexibility index (Phi) is 5.42. The van der Waals surface area contributed by atoms with Gasteiger partial charge >= 0.3 is 0 Å². The molecule has 0 aliphatic heterocycles. The number of ether oxygens (including phenoxy) is 2. The van der Waals surface area contributed by atoms with Crippen LogP contribution in [-0.2, 0) is 4.79 Å². The van der Waals surface area contributed by atoms with Crippen molar-refractivity contribution in [3.8, 4) is 39.8 Å². The molecule has 1 heterocycles. The van der Waals surface area contributed by atoms with Crippen LogP contribution in [0.15, 0.2) is 54.7 Å². The van der Waals surface area contributed by atoms with E-state index in [9.17, 15) is 10.1 Å². The van der Waals surface area contributed by atoms with E-state index in [0.29, 0.717) is 22.6 Å². The normalized spacial score (nSPS) is 10.1. The lowest BCUT2D eigenvalue weighted by atomic mass is 9.92. The second-order valence-electron chi connectivity index (χ2n) is 5.91. The number of anilines is 1. The topological polar surface area (TPSA) is 124 Å². The number of hydrogen-bond donors (Lipinski definition) is 2. The van der Waals surface area contributed by atoms with Gasteiger partial charge < -0.3 is 20.9 Å². The van der Waals surface area contributed by atoms with Gasteiger partial charge in [0.25, 0.3) is 5.91 Å². The monoisotopic (exact) mass is 374 g/mol. The van der Waals surface area contributed by atoms with Gasteiger partial charge in [0, 0.05) is 17.3 Å². The van der Waals surface area contributed by atoms with Crippen molar-refractivity contribution < 1.29 is 14.3 Å². The van der Waals surface area contributed by atoms with E-state index in [1.54, 1.807) is 24.4 Å². The first kappa shape index (κ1) is 18.7. The van der Waals surface area contributed by atoms with E-state index in [1.807, 2.05) is 30.3 Å². The molecule has 0 unspecified atom stereocenters. The van der Waals surface area contributed by atoms with Crippen LogP contribution in [0, 0.1) is 11.3 Å². The maximum Gasteiger partial charge on any atom is 0.255 e. The fourth-order valence-electron chi connectivity index (χ4n) is 2.87. The van der Waals surface area contributed by atoms with Gasteiger partial charge in [-0.3, -0.25) is 4.79 Å². The lowest BCUT2D eigenvalue weighted by Crippen LogP contribution is -2.20. The first-order valence-corrected chi connectivity index (χ1v) is 8.38. The molecule has 3 rings (SSSR count). The van der Waals surface area contributed by atoms with Crippen molar-refractivity contribution in [3.05, 3.63) is 60.3 Å². The number of pyridine rings is 1. The van der Waals surface area contributed by atoms with E-state index in [1.165, 1.54) is 7.11 Å². The third-order valence-corrected chi connectivity index (χ3v) is 4.13. The summed E-state index contributed by atoms with van der Waals surface area (Å²) in [5.74, 6) is 0.320. The Balaban J connectivity index is 2.19. The maximum absolute atomic E-state index is 11.0. The summed E-state index contributed by atoms with van der Waals surface area (Å²) in [5, 5.41) is 9.68. The zero-order valence-corrected chi connectivity index (χ0v) is 15.2. The zero-order valence-electron chi connectivity index (χ0n) is 15.2. The molecule has 7 nitrogen and oxygen atoms in total. The summed E-state index contributed by atoms with van der Waals surface area (Å²) in [6.07, 6.45) is 1.64. The Bertz CT molecular complexity index is 1060. The van der Waals surface area contributed by atoms with Gasteiger partial charge in [0.1, 0.15) is 17.5 Å². The van der Waals surface area contributed by atoms with Gasteiger partial charge in [0.05, 0.1) is 7.11 Å². The summed E-state index contributed by atoms with van der Waals surface area (Å²) in [4.78, 5) is 15.2. The molecule has 2 aromatic carbocycles. The number of nitriles is 1. The number of rotatable bonds is 6. The van der Waals surface area contributed by atoms with Crippen LogP contribution in [0.25, 0.3) is 22.3 Å². The lowest BCUT2D eigenvalue weighted by Gasteiger charge is -2.16. The molecule has 0 saturated carbocycles. The third kappa shape index (κ3) is 3.71. The van der Waals surface area contributed by atoms with E-state index >= 15 is 0 Å². The molecule has 7 heteroatoms. The average Bonchev–Trinajstić information content (AvgIpc) is 2.72. The van der Waals surface area contributed by atoms with Crippen LogP contribution in [0.5, 0.6) is 11.5 Å². The molecule has 0 fully saturated rings. The molecular formula is C21H18N4O3. The standard InChI is InChI=1S/C21H18N4O3/c1-27-18-9-14(7-8-17(18)28-12-19(23)26)20-15(10-22)21(24)25-11-16(20)13-5-3-2-4-6-13/h2-9,11H,12H2,1H3,(H2,23,26)(H2,24,25). The molecule has 0 aliphatic rings. The molecule has 0 radical (unpaired) electrons. The molecule has 1 amide bonds. The van der Waals surface area contributed by atoms with Gasteiger partial charge in [-0.1, -0.05) is 36.4 Å². The van der Waals surface area contributed by atoms with Crippen molar-refractivity contribution in [2.45, 2.75) is 0 Å². The van der Waals surface area contributed by atoms with Crippen LogP contribution in [0.2, 0.25) is 0 Å². The third-order valence-electron chi connectivity index (χ3n) is 4.13. The number of amides is 1. The number of methoxy groups -OCH3 is 1. The van der Waals surface area contributed by atoms with Crippen molar-refractivity contribution in [2.75, 3.05) is 19.5 Å². The number of nitrogen functional groups attached to an aromatic ring is 1. The predicted octanol–water partition coefficient (Wildman–Crippen LogP) is 2.74. The van der Waals surface area contributed by atoms with Crippen molar-refractivity contribution in [1.29, 1.82) is 5.26 Å². The van der Waals surface area contributed by atoms with Gasteiger partial charge in [0.2, 0.25) is 0 Å². The van der Waals surface area contributed by atoms with E-state index in [-0.39, 0.29) is 18.0 Å². The van der Waals surface area contributed by atoms with Gasteiger partial charge in [-0.2, -0.15) is 5.26 Å². The molecular weight excluding hydrogens is 356 g/mol. The summed E-state index contributed by atoms with van der Waals surface area (Å²) in [5.41, 5.74) is 14.4. The number of primary amides is 1. The van der Waals surface area contributed by atoms with Crippen molar-refractivity contribution >= 4 is 11.7 Å². The quantitative estimate of drug-likeness (QED) is 0.683. The minimum absolute atomic E-state index is 0.144. The SMILES string of the molecule is COc1cc(-c2c(-c3ccccc3)cnc(N)c2C#N)ccc1OCC(N)=O. The molecule has 1 aromatic heterocycles. The van der Waals surface area contributed by atoms with Crippen molar-refractivity contribution in [2.24, 2.45) is 5.73 Å². The minimum atomic E-state index is -0.592. The average molecular weight is 374 g/mol. The molecule has 0 atom stereocenters. The van der Waals surface area contributed by atoms with E-state index in [0.717, 1.165) is 11.1 Å². The largest absolute Gasteiger partial charge is 0.493 e. The first-order valence-electron chi connectivity index (χ1n) is 8.38. The van der Waals surface area contributed by atoms with Crippen LogP contribution < -0.4 is 20.9 Å². The summed E-state index contributed by atoms with van der Waals surface area (Å²) in [7, 11) is 1.49. The summed E-state index contributed by atoms with van der Waals surface area (Å²) < 4.78 is 10.8. The van der Waals surface area contributed by atoms with E-state index < -0.39 is 5.91 Å². The van der Waals surface area contributed by atoms with Gasteiger partial charge in [-0.05, 0) is 23.3 Å². The van der Waals surface area contributed by atoms with E-state index in [4.69, 9.17) is 20.9 Å². The van der Waals surface area contributed by atoms with Crippen LogP contribution in [-0.4, -0.2) is 24.6 Å². The number of aromatic nitrogens is 1. The smallest absolute Gasteiger partial charge is 0.255 e. The minimum Gasteiger partial charge on any atom is -0.493 e. The number of nitrogens with zero attached hydrogens (tertiary/aromatic N) is 2. The fraction of sp³-hybridized carbons (Fsp3) is 0.0952. The zero-order chi connectivity index (χ0) is 20.1. The number of carbonyl (C=O) groups is 1. The maximum atomic E-state index is 11.0. The Morgan fingerprint density at radius 3 is 2.54 bits per heavy atom. The number of carbonyl (C=O) groups excluding carboxylic acids is 1. The highest BCUT2D eigenvalue weighted by Crippen LogP contribution is 2.39. The highest BCUT2D eigenvalue weighted by molar-refractivity contribution is 5.90. The molecule has 0 saturated heterocycles. The summed E-state index contributed by atoms with van der Waals surface area (Å²) in [6.45, 7) is -0.267. The van der Waals surface area contributed by atoms with Crippen molar-refractivity contribution in [1.82, 2.24) is 4.98 Å². The molecule has 0 aliphatic carbocycles. The first-order chi connectivity index (χ1) is 13.5. The van der Waals surface area contributed by atoms with Crippen LogP contribution in [0.1, 0.15) is 5.56 Å². The number of benzene rings is 2. The fourth-order valence-corrected chi connectivity index (χ4v) is 2.87. The number of hydrogen-bond acceptors (Lipinski definition) is 6. The molecule has 140 valence electrons. The molecule has 0 bridgehead atoms. The van der Waals surface area contributed by atoms with Gasteiger partial charge in [0.15, 0.2) is 18.1 Å². The molecule has 3 aromatic rings.